The minimum absolute atomic E-state index is 0.0674. The lowest BCUT2D eigenvalue weighted by molar-refractivity contribution is -0.132. The number of hydrogen-bond donors (Lipinski definition) is 1. The first-order valence-electron chi connectivity index (χ1n) is 8.64. The zero-order valence-corrected chi connectivity index (χ0v) is 14.3. The minimum atomic E-state index is -0.811. The molecule has 0 radical (unpaired) electrons. The van der Waals surface area contributed by atoms with E-state index in [1.165, 1.54) is 4.90 Å². The van der Waals surface area contributed by atoms with Gasteiger partial charge in [-0.15, -0.1) is 0 Å². The van der Waals surface area contributed by atoms with E-state index in [1.54, 1.807) is 0 Å². The topological polar surface area (TPSA) is 91.6 Å². The van der Waals surface area contributed by atoms with Crippen molar-refractivity contribution in [1.29, 1.82) is 0 Å². The van der Waals surface area contributed by atoms with E-state index in [0.717, 1.165) is 18.7 Å². The second-order valence-electron chi connectivity index (χ2n) is 7.44. The number of likely N-dealkylation sites (tertiary alicyclic amines) is 1. The first kappa shape index (κ1) is 15.6. The van der Waals surface area contributed by atoms with E-state index in [4.69, 9.17) is 4.52 Å². The lowest BCUT2D eigenvalue weighted by Crippen LogP contribution is -2.49. The predicted molar refractivity (Wildman–Crippen MR) is 84.1 cm³/mol. The van der Waals surface area contributed by atoms with Gasteiger partial charge in [-0.2, -0.15) is 4.98 Å². The van der Waals surface area contributed by atoms with Gasteiger partial charge in [0, 0.05) is 25.0 Å². The Kier molecular flexibility index (Phi) is 3.42. The van der Waals surface area contributed by atoms with Crippen LogP contribution in [0, 0.1) is 0 Å². The quantitative estimate of drug-likeness (QED) is 0.838. The van der Waals surface area contributed by atoms with Crippen LogP contribution in [-0.2, 0) is 4.79 Å². The SMILES string of the molecule is CC(c1nc(C2CC2)no1)N1CCC2(C1)NC(=O)N(C(C)C)C2=O. The molecule has 1 aliphatic carbocycles. The second kappa shape index (κ2) is 5.27. The van der Waals surface area contributed by atoms with Crippen molar-refractivity contribution < 1.29 is 14.1 Å². The van der Waals surface area contributed by atoms with Crippen molar-refractivity contribution in [2.45, 2.75) is 63.6 Å². The van der Waals surface area contributed by atoms with Crippen LogP contribution in [0.3, 0.4) is 0 Å². The summed E-state index contributed by atoms with van der Waals surface area (Å²) in [5.74, 6) is 1.71. The molecule has 1 spiro atoms. The van der Waals surface area contributed by atoms with E-state index in [0.29, 0.717) is 31.3 Å². The van der Waals surface area contributed by atoms with Crippen molar-refractivity contribution in [3.63, 3.8) is 0 Å². The molecule has 8 heteroatoms. The Labute approximate surface area is 140 Å². The van der Waals surface area contributed by atoms with E-state index in [1.807, 2.05) is 20.8 Å². The zero-order valence-electron chi connectivity index (χ0n) is 14.3. The second-order valence-corrected chi connectivity index (χ2v) is 7.44. The maximum Gasteiger partial charge on any atom is 0.325 e. The molecular weight excluding hydrogens is 310 g/mol. The fraction of sp³-hybridized carbons (Fsp3) is 0.750. The van der Waals surface area contributed by atoms with Gasteiger partial charge in [0.1, 0.15) is 5.54 Å². The van der Waals surface area contributed by atoms with Crippen molar-refractivity contribution >= 4 is 11.9 Å². The van der Waals surface area contributed by atoms with Crippen molar-refractivity contribution in [2.24, 2.45) is 0 Å². The molecule has 2 atom stereocenters. The lowest BCUT2D eigenvalue weighted by Gasteiger charge is -2.25. The van der Waals surface area contributed by atoms with Crippen molar-refractivity contribution in [3.05, 3.63) is 11.7 Å². The summed E-state index contributed by atoms with van der Waals surface area (Å²) in [5.41, 5.74) is -0.811. The average molecular weight is 333 g/mol. The van der Waals surface area contributed by atoms with Crippen LogP contribution in [-0.4, -0.2) is 56.5 Å². The van der Waals surface area contributed by atoms with Gasteiger partial charge in [0.15, 0.2) is 5.82 Å². The third-order valence-electron chi connectivity index (χ3n) is 5.31. The molecule has 4 rings (SSSR count). The van der Waals surface area contributed by atoms with Crippen LogP contribution in [0.2, 0.25) is 0 Å². The molecule has 3 amide bonds. The van der Waals surface area contributed by atoms with E-state index in [9.17, 15) is 9.59 Å². The Morgan fingerprint density at radius 1 is 1.29 bits per heavy atom. The Hall–Kier alpha value is -1.96. The highest BCUT2D eigenvalue weighted by Crippen LogP contribution is 2.39. The fourth-order valence-electron chi connectivity index (χ4n) is 3.64. The summed E-state index contributed by atoms with van der Waals surface area (Å²) in [6, 6.07) is -0.499. The number of rotatable bonds is 4. The molecule has 3 fully saturated rings. The normalized spacial score (nSPS) is 29.1. The molecule has 0 aromatic carbocycles. The predicted octanol–water partition coefficient (Wildman–Crippen LogP) is 1.41. The Bertz CT molecular complexity index is 683. The van der Waals surface area contributed by atoms with Crippen molar-refractivity contribution in [2.75, 3.05) is 13.1 Å². The van der Waals surface area contributed by atoms with Crippen LogP contribution < -0.4 is 5.32 Å². The number of urea groups is 1. The molecule has 1 N–H and O–H groups in total. The number of imide groups is 1. The van der Waals surface area contributed by atoms with Gasteiger partial charge in [0.25, 0.3) is 5.91 Å². The summed E-state index contributed by atoms with van der Waals surface area (Å²) in [4.78, 5) is 32.9. The summed E-state index contributed by atoms with van der Waals surface area (Å²) in [6.45, 7) is 6.89. The van der Waals surface area contributed by atoms with E-state index in [-0.39, 0.29) is 24.0 Å². The Balaban J connectivity index is 1.49. The Morgan fingerprint density at radius 2 is 2.04 bits per heavy atom. The van der Waals surface area contributed by atoms with Crippen LogP contribution in [0.15, 0.2) is 4.52 Å². The van der Waals surface area contributed by atoms with E-state index in [2.05, 4.69) is 20.4 Å². The smallest absolute Gasteiger partial charge is 0.325 e. The van der Waals surface area contributed by atoms with Gasteiger partial charge in [-0.1, -0.05) is 5.16 Å². The number of carbonyl (C=O) groups excluding carboxylic acids is 2. The van der Waals surface area contributed by atoms with Crippen molar-refractivity contribution in [1.82, 2.24) is 25.3 Å². The molecule has 3 heterocycles. The van der Waals surface area contributed by atoms with Gasteiger partial charge >= 0.3 is 6.03 Å². The van der Waals surface area contributed by atoms with Crippen LogP contribution >= 0.6 is 0 Å². The molecule has 2 saturated heterocycles. The maximum atomic E-state index is 12.8. The molecule has 24 heavy (non-hydrogen) atoms. The van der Waals surface area contributed by atoms with Gasteiger partial charge in [-0.3, -0.25) is 14.6 Å². The first-order valence-corrected chi connectivity index (χ1v) is 8.64. The number of amides is 3. The minimum Gasteiger partial charge on any atom is -0.338 e. The highest BCUT2D eigenvalue weighted by atomic mass is 16.5. The zero-order chi connectivity index (χ0) is 17.1. The summed E-state index contributed by atoms with van der Waals surface area (Å²) in [7, 11) is 0. The first-order chi connectivity index (χ1) is 11.4. The van der Waals surface area contributed by atoms with E-state index >= 15 is 0 Å². The molecular formula is C16H23N5O3. The van der Waals surface area contributed by atoms with Gasteiger partial charge < -0.3 is 9.84 Å². The molecule has 1 aromatic rings. The third-order valence-corrected chi connectivity index (χ3v) is 5.31. The summed E-state index contributed by atoms with van der Waals surface area (Å²) in [6.07, 6.45) is 2.87. The standard InChI is InChI=1S/C16H23N5O3/c1-9(2)21-14(22)16(18-15(21)23)6-7-20(8-16)10(3)13-17-12(19-24-13)11-4-5-11/h9-11H,4-8H2,1-3H3,(H,18,23). The molecule has 1 aromatic heterocycles. The summed E-state index contributed by atoms with van der Waals surface area (Å²) >= 11 is 0. The highest BCUT2D eigenvalue weighted by molar-refractivity contribution is 6.07. The molecule has 2 aliphatic heterocycles. The lowest BCUT2D eigenvalue weighted by atomic mass is 9.98. The fourth-order valence-corrected chi connectivity index (χ4v) is 3.64. The van der Waals surface area contributed by atoms with Crippen LogP contribution in [0.25, 0.3) is 0 Å². The highest BCUT2D eigenvalue weighted by Gasteiger charge is 2.56. The van der Waals surface area contributed by atoms with Gasteiger partial charge in [-0.25, -0.2) is 4.79 Å². The van der Waals surface area contributed by atoms with Crippen LogP contribution in [0.4, 0.5) is 4.79 Å². The molecule has 1 saturated carbocycles. The van der Waals surface area contributed by atoms with Gasteiger partial charge in [0.05, 0.1) is 6.04 Å². The largest absolute Gasteiger partial charge is 0.338 e. The molecule has 8 nitrogen and oxygen atoms in total. The van der Waals surface area contributed by atoms with Crippen molar-refractivity contribution in [3.8, 4) is 0 Å². The number of aromatic nitrogens is 2. The average Bonchev–Trinajstić information content (AvgIpc) is 3.02. The van der Waals surface area contributed by atoms with Gasteiger partial charge in [-0.05, 0) is 40.0 Å². The Morgan fingerprint density at radius 3 is 2.67 bits per heavy atom. The maximum absolute atomic E-state index is 12.8. The molecule has 130 valence electrons. The molecule has 0 bridgehead atoms. The molecule has 3 aliphatic rings. The monoisotopic (exact) mass is 333 g/mol. The number of carbonyl (C=O) groups is 2. The number of hydrogen-bond acceptors (Lipinski definition) is 6. The van der Waals surface area contributed by atoms with Crippen LogP contribution in [0.1, 0.15) is 63.7 Å². The summed E-state index contributed by atoms with van der Waals surface area (Å²) in [5, 5.41) is 6.97. The molecule has 2 unspecified atom stereocenters. The number of nitrogens with zero attached hydrogens (tertiary/aromatic N) is 4. The third kappa shape index (κ3) is 2.31. The number of nitrogens with one attached hydrogen (secondary N) is 1. The van der Waals surface area contributed by atoms with Gasteiger partial charge in [0.2, 0.25) is 5.89 Å². The van der Waals surface area contributed by atoms with E-state index < -0.39 is 5.54 Å². The van der Waals surface area contributed by atoms with Crippen LogP contribution in [0.5, 0.6) is 0 Å². The summed E-state index contributed by atoms with van der Waals surface area (Å²) < 4.78 is 5.41.